The van der Waals surface area contributed by atoms with E-state index in [1.165, 1.54) is 0 Å². The molecule has 0 aromatic carbocycles. The number of hydrogen-bond donors (Lipinski definition) is 5. The fourth-order valence-corrected chi connectivity index (χ4v) is 0.936. The Morgan fingerprint density at radius 2 is 1.67 bits per heavy atom. The van der Waals surface area contributed by atoms with Gasteiger partial charge < -0.3 is 26.2 Å². The van der Waals surface area contributed by atoms with E-state index in [9.17, 15) is 19.5 Å². The average Bonchev–Trinajstić information content (AvgIpc) is 2.01. The molecular weight excluding hydrogens is 210 g/mol. The monoisotopic (exact) mass is 221 g/mol. The fourth-order valence-electron chi connectivity index (χ4n) is 0.936. The number of nitrogens with two attached hydrogens (primary N) is 1. The molecule has 0 aliphatic rings. The molecule has 8 nitrogen and oxygen atoms in total. The standard InChI is InChI=1S/C7H11NO7/c8-3(5(11)12)1-7(15,6(13)14)2-4(9)10/h3,15H,1-2,8H2,(H,9,10)(H,11,12)(H,13,14). The number of carboxylic acids is 3. The Kier molecular flexibility index (Phi) is 4.19. The highest BCUT2D eigenvalue weighted by atomic mass is 16.4. The number of hydrogen-bond acceptors (Lipinski definition) is 5. The second-order valence-electron chi connectivity index (χ2n) is 3.06. The molecule has 0 aromatic heterocycles. The predicted octanol–water partition coefficient (Wildman–Crippen LogP) is -1.92. The van der Waals surface area contributed by atoms with Gasteiger partial charge in [0.2, 0.25) is 0 Å². The third kappa shape index (κ3) is 3.92. The minimum absolute atomic E-state index is 0.871. The molecule has 0 aliphatic heterocycles. The van der Waals surface area contributed by atoms with Crippen LogP contribution in [0.15, 0.2) is 0 Å². The molecule has 6 N–H and O–H groups in total. The van der Waals surface area contributed by atoms with Crippen LogP contribution >= 0.6 is 0 Å². The highest BCUT2D eigenvalue weighted by molar-refractivity contribution is 5.85. The molecule has 0 saturated heterocycles. The third-order valence-corrected chi connectivity index (χ3v) is 1.72. The van der Waals surface area contributed by atoms with Crippen molar-refractivity contribution in [2.24, 2.45) is 5.73 Å². The second-order valence-corrected chi connectivity index (χ2v) is 3.06. The fraction of sp³-hybridized carbons (Fsp3) is 0.571. The second kappa shape index (κ2) is 4.71. The number of carboxylic acid groups (broad SMARTS) is 3. The summed E-state index contributed by atoms with van der Waals surface area (Å²) in [4.78, 5) is 31.1. The lowest BCUT2D eigenvalue weighted by Gasteiger charge is -2.22. The average molecular weight is 221 g/mol. The third-order valence-electron chi connectivity index (χ3n) is 1.72. The quantitative estimate of drug-likeness (QED) is 0.347. The maximum Gasteiger partial charge on any atom is 0.336 e. The first-order valence-corrected chi connectivity index (χ1v) is 3.85. The van der Waals surface area contributed by atoms with Crippen molar-refractivity contribution in [3.05, 3.63) is 0 Å². The number of carbonyl (C=O) groups is 3. The maximum atomic E-state index is 10.6. The van der Waals surface area contributed by atoms with Gasteiger partial charge in [-0.1, -0.05) is 0 Å². The van der Waals surface area contributed by atoms with Crippen molar-refractivity contribution in [1.29, 1.82) is 0 Å². The lowest BCUT2D eigenvalue weighted by molar-refractivity contribution is -0.167. The van der Waals surface area contributed by atoms with Crippen LogP contribution < -0.4 is 5.73 Å². The highest BCUT2D eigenvalue weighted by Gasteiger charge is 2.41. The molecule has 8 heteroatoms. The van der Waals surface area contributed by atoms with E-state index in [2.05, 4.69) is 0 Å². The molecule has 0 saturated carbocycles. The number of rotatable bonds is 6. The van der Waals surface area contributed by atoms with Gasteiger partial charge in [-0.15, -0.1) is 0 Å². The van der Waals surface area contributed by atoms with Crippen LogP contribution in [0.2, 0.25) is 0 Å². The van der Waals surface area contributed by atoms with Crippen LogP contribution in [0.25, 0.3) is 0 Å². The van der Waals surface area contributed by atoms with E-state index < -0.39 is 42.4 Å². The van der Waals surface area contributed by atoms with Crippen LogP contribution in [0.5, 0.6) is 0 Å². The van der Waals surface area contributed by atoms with Crippen molar-refractivity contribution in [3.63, 3.8) is 0 Å². The van der Waals surface area contributed by atoms with Gasteiger partial charge in [0.25, 0.3) is 0 Å². The van der Waals surface area contributed by atoms with Gasteiger partial charge in [-0.05, 0) is 0 Å². The summed E-state index contributed by atoms with van der Waals surface area (Å²) in [5, 5.41) is 34.6. The summed E-state index contributed by atoms with van der Waals surface area (Å²) in [7, 11) is 0. The molecule has 15 heavy (non-hydrogen) atoms. The predicted molar refractivity (Wildman–Crippen MR) is 45.1 cm³/mol. The zero-order chi connectivity index (χ0) is 12.2. The van der Waals surface area contributed by atoms with Gasteiger partial charge in [-0.3, -0.25) is 9.59 Å². The summed E-state index contributed by atoms with van der Waals surface area (Å²) in [6, 6.07) is -1.63. The van der Waals surface area contributed by atoms with Crippen LogP contribution in [-0.4, -0.2) is 50.0 Å². The minimum atomic E-state index is -2.66. The van der Waals surface area contributed by atoms with Gasteiger partial charge in [-0.2, -0.15) is 0 Å². The molecule has 86 valence electrons. The van der Waals surface area contributed by atoms with Crippen LogP contribution in [0, 0.1) is 0 Å². The molecular formula is C7H11NO7. The molecule has 0 spiro atoms. The summed E-state index contributed by atoms with van der Waals surface area (Å²) in [5.74, 6) is -4.89. The lowest BCUT2D eigenvalue weighted by Crippen LogP contribution is -2.47. The number of aliphatic hydroxyl groups is 1. The maximum absolute atomic E-state index is 10.6. The van der Waals surface area contributed by atoms with Gasteiger partial charge in [0.05, 0.1) is 6.42 Å². The molecule has 0 rings (SSSR count). The van der Waals surface area contributed by atoms with Crippen molar-refractivity contribution < 1.29 is 34.8 Å². The van der Waals surface area contributed by atoms with E-state index in [-0.39, 0.29) is 0 Å². The summed E-state index contributed by atoms with van der Waals surface area (Å²) >= 11 is 0. The van der Waals surface area contributed by atoms with Crippen molar-refractivity contribution in [3.8, 4) is 0 Å². The summed E-state index contributed by atoms with van der Waals surface area (Å²) in [6.07, 6.45) is -1.98. The van der Waals surface area contributed by atoms with E-state index >= 15 is 0 Å². The molecule has 0 aromatic rings. The van der Waals surface area contributed by atoms with Crippen LogP contribution in [0.3, 0.4) is 0 Å². The van der Waals surface area contributed by atoms with E-state index in [1.807, 2.05) is 0 Å². The first-order chi connectivity index (χ1) is 6.69. The molecule has 2 atom stereocenters. The topological polar surface area (TPSA) is 158 Å². The van der Waals surface area contributed by atoms with E-state index in [0.29, 0.717) is 0 Å². The van der Waals surface area contributed by atoms with E-state index in [4.69, 9.17) is 21.1 Å². The summed E-state index contributed by atoms with van der Waals surface area (Å²) in [5.41, 5.74) is 2.34. The van der Waals surface area contributed by atoms with Gasteiger partial charge in [0, 0.05) is 6.42 Å². The molecule has 0 aliphatic carbocycles. The van der Waals surface area contributed by atoms with Crippen molar-refractivity contribution in [1.82, 2.24) is 0 Å². The summed E-state index contributed by atoms with van der Waals surface area (Å²) in [6.45, 7) is 0. The normalized spacial score (nSPS) is 16.4. The Bertz CT molecular complexity index is 289. The zero-order valence-corrected chi connectivity index (χ0v) is 7.58. The van der Waals surface area contributed by atoms with E-state index in [0.717, 1.165) is 0 Å². The Balaban J connectivity index is 4.73. The number of aliphatic carboxylic acids is 3. The van der Waals surface area contributed by atoms with Crippen molar-refractivity contribution >= 4 is 17.9 Å². The lowest BCUT2D eigenvalue weighted by atomic mass is 9.92. The van der Waals surface area contributed by atoms with Crippen LogP contribution in [0.4, 0.5) is 0 Å². The Hall–Kier alpha value is -1.67. The first-order valence-electron chi connectivity index (χ1n) is 3.85. The molecule has 0 radical (unpaired) electrons. The van der Waals surface area contributed by atoms with Gasteiger partial charge in [-0.25, -0.2) is 4.79 Å². The molecule has 2 unspecified atom stereocenters. The highest BCUT2D eigenvalue weighted by Crippen LogP contribution is 2.17. The van der Waals surface area contributed by atoms with Gasteiger partial charge in [0.15, 0.2) is 5.60 Å². The van der Waals surface area contributed by atoms with Gasteiger partial charge >= 0.3 is 17.9 Å². The molecule has 0 heterocycles. The van der Waals surface area contributed by atoms with Crippen molar-refractivity contribution in [2.75, 3.05) is 0 Å². The van der Waals surface area contributed by atoms with Gasteiger partial charge in [0.1, 0.15) is 6.04 Å². The van der Waals surface area contributed by atoms with Crippen LogP contribution in [-0.2, 0) is 14.4 Å². The van der Waals surface area contributed by atoms with E-state index in [1.54, 1.807) is 0 Å². The first kappa shape index (κ1) is 13.3. The molecule has 0 bridgehead atoms. The molecule has 0 amide bonds. The summed E-state index contributed by atoms with van der Waals surface area (Å²) < 4.78 is 0. The Labute approximate surface area is 83.9 Å². The SMILES string of the molecule is NC(CC(O)(CC(=O)O)C(=O)O)C(=O)O. The molecule has 0 fully saturated rings. The van der Waals surface area contributed by atoms with Crippen LogP contribution in [0.1, 0.15) is 12.8 Å². The minimum Gasteiger partial charge on any atom is -0.481 e. The smallest absolute Gasteiger partial charge is 0.336 e. The van der Waals surface area contributed by atoms with Crippen molar-refractivity contribution in [2.45, 2.75) is 24.5 Å². The Morgan fingerprint density at radius 3 is 1.93 bits per heavy atom. The Morgan fingerprint density at radius 1 is 1.20 bits per heavy atom. The largest absolute Gasteiger partial charge is 0.481 e. The zero-order valence-electron chi connectivity index (χ0n) is 7.58.